The smallest absolute Gasteiger partial charge is 0.308 e. The van der Waals surface area contributed by atoms with E-state index < -0.39 is 12.1 Å². The molecule has 0 bridgehead atoms. The molecule has 0 amide bonds. The fourth-order valence-electron chi connectivity index (χ4n) is 2.11. The van der Waals surface area contributed by atoms with E-state index >= 15 is 0 Å². The standard InChI is InChI=1S/C18H20O5/c1-21-16-9-8-14(15(19)11-18(20)22-2)10-17(16)23-12-13-6-4-3-5-7-13/h3-10,15,19H,11-12H2,1-2H3/t15-/m1/s1. The zero-order valence-corrected chi connectivity index (χ0v) is 13.2. The lowest BCUT2D eigenvalue weighted by Crippen LogP contribution is -2.08. The highest BCUT2D eigenvalue weighted by atomic mass is 16.5. The highest BCUT2D eigenvalue weighted by Crippen LogP contribution is 2.32. The fraction of sp³-hybridized carbons (Fsp3) is 0.278. The third kappa shape index (κ3) is 4.72. The van der Waals surface area contributed by atoms with Gasteiger partial charge in [0.1, 0.15) is 6.61 Å². The van der Waals surface area contributed by atoms with E-state index in [1.165, 1.54) is 7.11 Å². The predicted octanol–water partition coefficient (Wildman–Crippen LogP) is 2.87. The van der Waals surface area contributed by atoms with E-state index in [1.807, 2.05) is 30.3 Å². The predicted molar refractivity (Wildman–Crippen MR) is 85.4 cm³/mol. The molecule has 0 unspecified atom stereocenters. The summed E-state index contributed by atoms with van der Waals surface area (Å²) in [6.07, 6.45) is -1.06. The minimum absolute atomic E-state index is 0.110. The van der Waals surface area contributed by atoms with Crippen LogP contribution in [0.15, 0.2) is 48.5 Å². The van der Waals surface area contributed by atoms with Crippen LogP contribution in [-0.2, 0) is 16.1 Å². The number of ether oxygens (including phenoxy) is 3. The topological polar surface area (TPSA) is 65.0 Å². The van der Waals surface area contributed by atoms with Crippen molar-refractivity contribution in [3.05, 3.63) is 59.7 Å². The van der Waals surface area contributed by atoms with E-state index in [4.69, 9.17) is 9.47 Å². The van der Waals surface area contributed by atoms with Crippen LogP contribution < -0.4 is 9.47 Å². The first-order chi connectivity index (χ1) is 11.1. The summed E-state index contributed by atoms with van der Waals surface area (Å²) >= 11 is 0. The minimum atomic E-state index is -0.951. The maximum atomic E-state index is 11.3. The quantitative estimate of drug-likeness (QED) is 0.796. The van der Waals surface area contributed by atoms with Crippen molar-refractivity contribution in [1.29, 1.82) is 0 Å². The summed E-state index contributed by atoms with van der Waals surface area (Å²) in [6, 6.07) is 14.8. The molecule has 1 atom stereocenters. The SMILES string of the molecule is COC(=O)C[C@@H](O)c1ccc(OC)c(OCc2ccccc2)c1. The van der Waals surface area contributed by atoms with Crippen LogP contribution in [-0.4, -0.2) is 25.3 Å². The molecule has 1 N–H and O–H groups in total. The first-order valence-electron chi connectivity index (χ1n) is 7.23. The summed E-state index contributed by atoms with van der Waals surface area (Å²) in [5, 5.41) is 10.1. The molecule has 5 heteroatoms. The van der Waals surface area contributed by atoms with Crippen molar-refractivity contribution in [3.8, 4) is 11.5 Å². The lowest BCUT2D eigenvalue weighted by atomic mass is 10.1. The third-order valence-electron chi connectivity index (χ3n) is 3.40. The molecule has 0 spiro atoms. The van der Waals surface area contributed by atoms with Crippen LogP contribution in [0.3, 0.4) is 0 Å². The summed E-state index contributed by atoms with van der Waals surface area (Å²) in [6.45, 7) is 0.383. The number of esters is 1. The van der Waals surface area contributed by atoms with Crippen LogP contribution in [0.1, 0.15) is 23.7 Å². The number of hydrogen-bond donors (Lipinski definition) is 1. The largest absolute Gasteiger partial charge is 0.493 e. The second kappa shape index (κ2) is 8.19. The third-order valence-corrected chi connectivity index (χ3v) is 3.40. The molecule has 23 heavy (non-hydrogen) atoms. The maximum Gasteiger partial charge on any atom is 0.308 e. The van der Waals surface area contributed by atoms with E-state index in [9.17, 15) is 9.90 Å². The lowest BCUT2D eigenvalue weighted by Gasteiger charge is -2.15. The Labute approximate surface area is 135 Å². The normalized spacial score (nSPS) is 11.6. The van der Waals surface area contributed by atoms with Gasteiger partial charge in [-0.1, -0.05) is 36.4 Å². The summed E-state index contributed by atoms with van der Waals surface area (Å²) < 4.78 is 15.6. The number of aliphatic hydroxyl groups is 1. The van der Waals surface area contributed by atoms with Crippen molar-refractivity contribution >= 4 is 5.97 Å². The summed E-state index contributed by atoms with van der Waals surface area (Å²) in [5.41, 5.74) is 1.59. The number of carbonyl (C=O) groups is 1. The molecule has 2 aromatic rings. The molecule has 5 nitrogen and oxygen atoms in total. The highest BCUT2D eigenvalue weighted by Gasteiger charge is 2.16. The van der Waals surface area contributed by atoms with Gasteiger partial charge in [0.05, 0.1) is 26.7 Å². The fourth-order valence-corrected chi connectivity index (χ4v) is 2.11. The average Bonchev–Trinajstić information content (AvgIpc) is 2.60. The van der Waals surface area contributed by atoms with Gasteiger partial charge in [-0.3, -0.25) is 4.79 Å². The number of methoxy groups -OCH3 is 2. The molecular formula is C18H20O5. The van der Waals surface area contributed by atoms with Crippen molar-refractivity contribution in [2.75, 3.05) is 14.2 Å². The molecule has 0 aliphatic heterocycles. The van der Waals surface area contributed by atoms with E-state index in [0.717, 1.165) is 5.56 Å². The molecule has 0 saturated heterocycles. The molecule has 0 fully saturated rings. The Kier molecular flexibility index (Phi) is 6.00. The Morgan fingerprint density at radius 2 is 1.83 bits per heavy atom. The van der Waals surface area contributed by atoms with E-state index in [1.54, 1.807) is 25.3 Å². The van der Waals surface area contributed by atoms with E-state index in [2.05, 4.69) is 4.74 Å². The van der Waals surface area contributed by atoms with Crippen LogP contribution in [0, 0.1) is 0 Å². The summed E-state index contributed by atoms with van der Waals surface area (Å²) in [4.78, 5) is 11.3. The van der Waals surface area contributed by atoms with Crippen LogP contribution in [0.2, 0.25) is 0 Å². The second-order valence-electron chi connectivity index (χ2n) is 4.98. The molecule has 0 heterocycles. The Morgan fingerprint density at radius 1 is 1.09 bits per heavy atom. The van der Waals surface area contributed by atoms with Crippen LogP contribution >= 0.6 is 0 Å². The number of aliphatic hydroxyl groups excluding tert-OH is 1. The number of rotatable bonds is 7. The Bertz CT molecular complexity index is 639. The average molecular weight is 316 g/mol. The first kappa shape index (κ1) is 16.8. The maximum absolute atomic E-state index is 11.3. The van der Waals surface area contributed by atoms with Gasteiger partial charge in [-0.05, 0) is 23.3 Å². The minimum Gasteiger partial charge on any atom is -0.493 e. The zero-order chi connectivity index (χ0) is 16.7. The van der Waals surface area contributed by atoms with Crippen LogP contribution in [0.4, 0.5) is 0 Å². The van der Waals surface area contributed by atoms with Gasteiger partial charge < -0.3 is 19.3 Å². The zero-order valence-electron chi connectivity index (χ0n) is 13.2. The Morgan fingerprint density at radius 3 is 2.48 bits per heavy atom. The van der Waals surface area contributed by atoms with Crippen molar-refractivity contribution in [1.82, 2.24) is 0 Å². The molecule has 122 valence electrons. The van der Waals surface area contributed by atoms with Gasteiger partial charge in [-0.2, -0.15) is 0 Å². The van der Waals surface area contributed by atoms with Crippen molar-refractivity contribution in [2.24, 2.45) is 0 Å². The van der Waals surface area contributed by atoms with Gasteiger partial charge in [0.2, 0.25) is 0 Å². The lowest BCUT2D eigenvalue weighted by molar-refractivity contribution is -0.142. The second-order valence-corrected chi connectivity index (χ2v) is 4.98. The van der Waals surface area contributed by atoms with Gasteiger partial charge in [-0.15, -0.1) is 0 Å². The molecule has 2 rings (SSSR count). The highest BCUT2D eigenvalue weighted by molar-refractivity contribution is 5.70. The molecule has 0 aliphatic carbocycles. The van der Waals surface area contributed by atoms with Gasteiger partial charge in [-0.25, -0.2) is 0 Å². The van der Waals surface area contributed by atoms with Crippen molar-refractivity contribution in [3.63, 3.8) is 0 Å². The van der Waals surface area contributed by atoms with Crippen molar-refractivity contribution in [2.45, 2.75) is 19.1 Å². The van der Waals surface area contributed by atoms with Gasteiger partial charge in [0.25, 0.3) is 0 Å². The van der Waals surface area contributed by atoms with Crippen LogP contribution in [0.25, 0.3) is 0 Å². The van der Waals surface area contributed by atoms with E-state index in [0.29, 0.717) is 23.7 Å². The Balaban J connectivity index is 2.13. The molecular weight excluding hydrogens is 296 g/mol. The first-order valence-corrected chi connectivity index (χ1v) is 7.23. The number of hydrogen-bond acceptors (Lipinski definition) is 5. The monoisotopic (exact) mass is 316 g/mol. The van der Waals surface area contributed by atoms with Crippen LogP contribution in [0.5, 0.6) is 11.5 Å². The number of benzene rings is 2. The van der Waals surface area contributed by atoms with Gasteiger partial charge in [0, 0.05) is 0 Å². The van der Waals surface area contributed by atoms with Gasteiger partial charge in [0.15, 0.2) is 11.5 Å². The molecule has 2 aromatic carbocycles. The van der Waals surface area contributed by atoms with Gasteiger partial charge >= 0.3 is 5.97 Å². The molecule has 0 saturated carbocycles. The van der Waals surface area contributed by atoms with Crippen molar-refractivity contribution < 1.29 is 24.1 Å². The van der Waals surface area contributed by atoms with E-state index in [-0.39, 0.29) is 6.42 Å². The summed E-state index contributed by atoms with van der Waals surface area (Å²) in [5.74, 6) is 0.604. The Hall–Kier alpha value is -2.53. The summed E-state index contributed by atoms with van der Waals surface area (Å²) in [7, 11) is 2.84. The number of carbonyl (C=O) groups excluding carboxylic acids is 1. The molecule has 0 radical (unpaired) electrons. The molecule has 0 aromatic heterocycles. The molecule has 0 aliphatic rings.